The second-order valence-electron chi connectivity index (χ2n) is 3.37. The van der Waals surface area contributed by atoms with Crippen molar-refractivity contribution in [2.24, 2.45) is 0 Å². The summed E-state index contributed by atoms with van der Waals surface area (Å²) >= 11 is 5.78. The molecule has 0 bridgehead atoms. The predicted molar refractivity (Wildman–Crippen MR) is 59.3 cm³/mol. The monoisotopic (exact) mass is 238 g/mol. The summed E-state index contributed by atoms with van der Waals surface area (Å²) in [6.07, 6.45) is 0.975. The van der Waals surface area contributed by atoms with E-state index in [4.69, 9.17) is 21.1 Å². The fourth-order valence-corrected chi connectivity index (χ4v) is 1.46. The second-order valence-corrected chi connectivity index (χ2v) is 3.80. The standard InChI is InChI=1S/C11H11ClN2O2/c12-9-3-1-8(2-4-9)7-11-14-13-10(16-11)5-6-15/h1-4,15H,5-7H2. The number of aliphatic hydroxyl groups excluding tert-OH is 1. The van der Waals surface area contributed by atoms with Crippen LogP contribution < -0.4 is 0 Å². The Hall–Kier alpha value is -1.39. The number of benzene rings is 1. The Balaban J connectivity index is 2.05. The molecule has 1 N–H and O–H groups in total. The van der Waals surface area contributed by atoms with Crippen LogP contribution in [0.5, 0.6) is 0 Å². The van der Waals surface area contributed by atoms with E-state index >= 15 is 0 Å². The highest BCUT2D eigenvalue weighted by molar-refractivity contribution is 6.30. The van der Waals surface area contributed by atoms with Crippen molar-refractivity contribution in [3.05, 3.63) is 46.6 Å². The van der Waals surface area contributed by atoms with E-state index in [0.29, 0.717) is 29.6 Å². The molecule has 84 valence electrons. The minimum absolute atomic E-state index is 0.0164. The summed E-state index contributed by atoms with van der Waals surface area (Å²) < 4.78 is 5.34. The first-order valence-corrected chi connectivity index (χ1v) is 5.32. The maximum Gasteiger partial charge on any atom is 0.220 e. The number of hydrogen-bond acceptors (Lipinski definition) is 4. The van der Waals surface area contributed by atoms with Gasteiger partial charge in [0, 0.05) is 11.4 Å². The molecular weight excluding hydrogens is 228 g/mol. The quantitative estimate of drug-likeness (QED) is 0.883. The van der Waals surface area contributed by atoms with Gasteiger partial charge in [-0.3, -0.25) is 0 Å². The van der Waals surface area contributed by atoms with Crippen LogP contribution in [0.1, 0.15) is 17.3 Å². The van der Waals surface area contributed by atoms with E-state index < -0.39 is 0 Å². The molecule has 0 fully saturated rings. The van der Waals surface area contributed by atoms with Crippen molar-refractivity contribution in [1.29, 1.82) is 0 Å². The first-order valence-electron chi connectivity index (χ1n) is 4.94. The number of aromatic nitrogens is 2. The third-order valence-corrected chi connectivity index (χ3v) is 2.35. The number of nitrogens with zero attached hydrogens (tertiary/aromatic N) is 2. The van der Waals surface area contributed by atoms with Crippen molar-refractivity contribution in [2.75, 3.05) is 6.61 Å². The number of halogens is 1. The molecule has 1 heterocycles. The third-order valence-electron chi connectivity index (χ3n) is 2.10. The zero-order valence-electron chi connectivity index (χ0n) is 8.56. The van der Waals surface area contributed by atoms with Crippen LogP contribution in [-0.4, -0.2) is 21.9 Å². The van der Waals surface area contributed by atoms with Gasteiger partial charge >= 0.3 is 0 Å². The van der Waals surface area contributed by atoms with Crippen LogP contribution >= 0.6 is 11.6 Å². The molecule has 0 radical (unpaired) electrons. The average molecular weight is 239 g/mol. The van der Waals surface area contributed by atoms with Gasteiger partial charge in [0.1, 0.15) is 0 Å². The molecule has 1 aromatic carbocycles. The average Bonchev–Trinajstić information content (AvgIpc) is 2.70. The molecule has 0 atom stereocenters. The van der Waals surface area contributed by atoms with E-state index in [1.54, 1.807) is 0 Å². The van der Waals surface area contributed by atoms with Crippen molar-refractivity contribution in [3.8, 4) is 0 Å². The highest BCUT2D eigenvalue weighted by atomic mass is 35.5. The van der Waals surface area contributed by atoms with Gasteiger partial charge in [-0.15, -0.1) is 10.2 Å². The Morgan fingerprint density at radius 1 is 1.12 bits per heavy atom. The number of rotatable bonds is 4. The van der Waals surface area contributed by atoms with Gasteiger partial charge in [0.15, 0.2) is 0 Å². The van der Waals surface area contributed by atoms with Gasteiger partial charge in [-0.25, -0.2) is 0 Å². The largest absolute Gasteiger partial charge is 0.425 e. The molecule has 2 aromatic rings. The van der Waals surface area contributed by atoms with Crippen molar-refractivity contribution in [3.63, 3.8) is 0 Å². The molecule has 2 rings (SSSR count). The van der Waals surface area contributed by atoms with Crippen molar-refractivity contribution in [2.45, 2.75) is 12.8 Å². The van der Waals surface area contributed by atoms with Gasteiger partial charge in [0.05, 0.1) is 13.0 Å². The lowest BCUT2D eigenvalue weighted by atomic mass is 10.1. The molecule has 0 aliphatic rings. The molecular formula is C11H11ClN2O2. The Kier molecular flexibility index (Phi) is 3.54. The molecule has 0 aliphatic carbocycles. The lowest BCUT2D eigenvalue weighted by molar-refractivity contribution is 0.283. The molecule has 16 heavy (non-hydrogen) atoms. The van der Waals surface area contributed by atoms with Crippen LogP contribution in [0.2, 0.25) is 5.02 Å². The maximum atomic E-state index is 8.71. The van der Waals surface area contributed by atoms with Crippen LogP contribution in [0, 0.1) is 0 Å². The lowest BCUT2D eigenvalue weighted by Gasteiger charge is -1.96. The lowest BCUT2D eigenvalue weighted by Crippen LogP contribution is -1.89. The first kappa shape index (κ1) is 11.1. The Morgan fingerprint density at radius 2 is 1.81 bits per heavy atom. The van der Waals surface area contributed by atoms with Gasteiger partial charge in [-0.2, -0.15) is 0 Å². The Labute approximate surface area is 97.9 Å². The zero-order chi connectivity index (χ0) is 11.4. The molecule has 0 amide bonds. The van der Waals surface area contributed by atoms with Crippen molar-refractivity contribution in [1.82, 2.24) is 10.2 Å². The third kappa shape index (κ3) is 2.81. The SMILES string of the molecule is OCCc1nnc(Cc2ccc(Cl)cc2)o1. The number of hydrogen-bond donors (Lipinski definition) is 1. The molecule has 1 aromatic heterocycles. The van der Waals surface area contributed by atoms with E-state index in [1.807, 2.05) is 24.3 Å². The minimum atomic E-state index is 0.0164. The Morgan fingerprint density at radius 3 is 2.50 bits per heavy atom. The fourth-order valence-electron chi connectivity index (χ4n) is 1.33. The topological polar surface area (TPSA) is 59.2 Å². The molecule has 0 aliphatic heterocycles. The highest BCUT2D eigenvalue weighted by Crippen LogP contribution is 2.13. The van der Waals surface area contributed by atoms with E-state index in [9.17, 15) is 0 Å². The van der Waals surface area contributed by atoms with Crippen LogP contribution in [0.3, 0.4) is 0 Å². The summed E-state index contributed by atoms with van der Waals surface area (Å²) in [6, 6.07) is 7.47. The van der Waals surface area contributed by atoms with Gasteiger partial charge < -0.3 is 9.52 Å². The van der Waals surface area contributed by atoms with E-state index in [-0.39, 0.29) is 6.61 Å². The summed E-state index contributed by atoms with van der Waals surface area (Å²) in [5.74, 6) is 1.01. The molecule has 4 nitrogen and oxygen atoms in total. The van der Waals surface area contributed by atoms with E-state index in [2.05, 4.69) is 10.2 Å². The molecule has 0 unspecified atom stereocenters. The molecule has 0 saturated heterocycles. The van der Waals surface area contributed by atoms with Crippen LogP contribution in [0.15, 0.2) is 28.7 Å². The summed E-state index contributed by atoms with van der Waals surface area (Å²) in [5, 5.41) is 17.1. The Bertz CT molecular complexity index is 453. The van der Waals surface area contributed by atoms with Crippen molar-refractivity contribution >= 4 is 11.6 Å². The van der Waals surface area contributed by atoms with Crippen molar-refractivity contribution < 1.29 is 9.52 Å². The summed E-state index contributed by atoms with van der Waals surface area (Å²) in [7, 11) is 0. The van der Waals surface area contributed by atoms with Gasteiger partial charge in [0.25, 0.3) is 0 Å². The van der Waals surface area contributed by atoms with Gasteiger partial charge in [0.2, 0.25) is 11.8 Å². The van der Waals surface area contributed by atoms with E-state index in [1.165, 1.54) is 0 Å². The summed E-state index contributed by atoms with van der Waals surface area (Å²) in [4.78, 5) is 0. The maximum absolute atomic E-state index is 8.71. The van der Waals surface area contributed by atoms with E-state index in [0.717, 1.165) is 5.56 Å². The minimum Gasteiger partial charge on any atom is -0.425 e. The summed E-state index contributed by atoms with van der Waals surface area (Å²) in [6.45, 7) is 0.0164. The fraction of sp³-hybridized carbons (Fsp3) is 0.273. The summed E-state index contributed by atoms with van der Waals surface area (Å²) in [5.41, 5.74) is 1.06. The molecule has 5 heteroatoms. The number of aliphatic hydroxyl groups is 1. The molecule has 0 saturated carbocycles. The van der Waals surface area contributed by atoms with Crippen LogP contribution in [0.25, 0.3) is 0 Å². The first-order chi connectivity index (χ1) is 7.78. The second kappa shape index (κ2) is 5.09. The zero-order valence-corrected chi connectivity index (χ0v) is 9.31. The van der Waals surface area contributed by atoms with Crippen LogP contribution in [0.4, 0.5) is 0 Å². The normalized spacial score (nSPS) is 10.6. The molecule has 0 spiro atoms. The van der Waals surface area contributed by atoms with Crippen LogP contribution in [-0.2, 0) is 12.8 Å². The smallest absolute Gasteiger partial charge is 0.220 e. The van der Waals surface area contributed by atoms with Gasteiger partial charge in [-0.05, 0) is 17.7 Å². The van der Waals surface area contributed by atoms with Gasteiger partial charge in [-0.1, -0.05) is 23.7 Å². The highest BCUT2D eigenvalue weighted by Gasteiger charge is 2.06. The predicted octanol–water partition coefficient (Wildman–Crippen LogP) is 1.85.